The van der Waals surface area contributed by atoms with Gasteiger partial charge in [0.15, 0.2) is 0 Å². The Balaban J connectivity index is 2.36. The minimum Gasteiger partial charge on any atom is -0.465 e. The van der Waals surface area contributed by atoms with Gasteiger partial charge in [-0.2, -0.15) is 0 Å². The van der Waals surface area contributed by atoms with Crippen LogP contribution in [-0.2, 0) is 9.53 Å². The molecule has 0 aliphatic carbocycles. The third-order valence-electron chi connectivity index (χ3n) is 2.67. The van der Waals surface area contributed by atoms with E-state index in [1.165, 1.54) is 0 Å². The van der Waals surface area contributed by atoms with Crippen molar-refractivity contribution in [2.75, 3.05) is 6.61 Å². The predicted molar refractivity (Wildman–Crippen MR) is 60.7 cm³/mol. The van der Waals surface area contributed by atoms with Crippen molar-refractivity contribution >= 4 is 5.97 Å². The van der Waals surface area contributed by atoms with E-state index in [-0.39, 0.29) is 12.0 Å². The van der Waals surface area contributed by atoms with E-state index < -0.39 is 0 Å². The summed E-state index contributed by atoms with van der Waals surface area (Å²) >= 11 is 0. The smallest absolute Gasteiger partial charge is 0.323 e. The number of nitrogens with one attached hydrogen (secondary N) is 1. The molecular weight excluding hydrogens is 190 g/mol. The molecule has 2 atom stereocenters. The monoisotopic (exact) mass is 213 g/mol. The second kappa shape index (κ2) is 4.97. The molecule has 1 rings (SSSR count). The SMILES string of the molecule is CCOC(=O)C1CCC(CC(C)(C)C)N1. The fourth-order valence-corrected chi connectivity index (χ4v) is 2.15. The second-order valence-electron chi connectivity index (χ2n) is 5.51. The molecule has 0 saturated carbocycles. The molecule has 0 spiro atoms. The summed E-state index contributed by atoms with van der Waals surface area (Å²) in [5.74, 6) is -0.0890. The fraction of sp³-hybridized carbons (Fsp3) is 0.917. The van der Waals surface area contributed by atoms with Crippen molar-refractivity contribution < 1.29 is 9.53 Å². The van der Waals surface area contributed by atoms with Crippen LogP contribution in [0.1, 0.15) is 47.0 Å². The molecule has 0 aromatic carbocycles. The topological polar surface area (TPSA) is 38.3 Å². The van der Waals surface area contributed by atoms with Gasteiger partial charge in [-0.25, -0.2) is 0 Å². The third kappa shape index (κ3) is 4.20. The first-order valence-corrected chi connectivity index (χ1v) is 5.85. The maximum Gasteiger partial charge on any atom is 0.323 e. The Morgan fingerprint density at radius 3 is 2.60 bits per heavy atom. The van der Waals surface area contributed by atoms with E-state index in [9.17, 15) is 4.79 Å². The number of ether oxygens (including phenoxy) is 1. The van der Waals surface area contributed by atoms with Crippen LogP contribution in [0.15, 0.2) is 0 Å². The molecule has 0 bridgehead atoms. The summed E-state index contributed by atoms with van der Waals surface area (Å²) in [6, 6.07) is 0.400. The van der Waals surface area contributed by atoms with Gasteiger partial charge in [0, 0.05) is 6.04 Å². The minimum atomic E-state index is -0.0890. The number of carbonyl (C=O) groups excluding carboxylic acids is 1. The summed E-state index contributed by atoms with van der Waals surface area (Å²) in [5.41, 5.74) is 0.321. The first-order valence-electron chi connectivity index (χ1n) is 5.85. The Kier molecular flexibility index (Phi) is 4.14. The lowest BCUT2D eigenvalue weighted by Crippen LogP contribution is -2.38. The Bertz CT molecular complexity index is 220. The van der Waals surface area contributed by atoms with Gasteiger partial charge in [0.25, 0.3) is 0 Å². The van der Waals surface area contributed by atoms with Gasteiger partial charge in [0.2, 0.25) is 0 Å². The minimum absolute atomic E-state index is 0.0719. The van der Waals surface area contributed by atoms with Crippen LogP contribution in [0, 0.1) is 5.41 Å². The van der Waals surface area contributed by atoms with Crippen LogP contribution in [0.25, 0.3) is 0 Å². The third-order valence-corrected chi connectivity index (χ3v) is 2.67. The lowest BCUT2D eigenvalue weighted by Gasteiger charge is -2.23. The number of hydrogen-bond acceptors (Lipinski definition) is 3. The molecule has 1 aliphatic rings. The highest BCUT2D eigenvalue weighted by Crippen LogP contribution is 2.26. The largest absolute Gasteiger partial charge is 0.465 e. The van der Waals surface area contributed by atoms with E-state index in [4.69, 9.17) is 4.74 Å². The lowest BCUT2D eigenvalue weighted by atomic mass is 9.88. The molecule has 2 unspecified atom stereocenters. The number of esters is 1. The fourth-order valence-electron chi connectivity index (χ4n) is 2.15. The van der Waals surface area contributed by atoms with Gasteiger partial charge in [0.1, 0.15) is 6.04 Å². The van der Waals surface area contributed by atoms with Crippen LogP contribution in [0.4, 0.5) is 0 Å². The van der Waals surface area contributed by atoms with Crippen molar-refractivity contribution in [1.82, 2.24) is 5.32 Å². The molecule has 88 valence electrons. The Morgan fingerprint density at radius 1 is 1.40 bits per heavy atom. The zero-order valence-corrected chi connectivity index (χ0v) is 10.3. The van der Waals surface area contributed by atoms with Crippen LogP contribution in [0.2, 0.25) is 0 Å². The van der Waals surface area contributed by atoms with E-state index in [1.807, 2.05) is 6.92 Å². The average molecular weight is 213 g/mol. The Morgan fingerprint density at radius 2 is 2.07 bits per heavy atom. The molecular formula is C12H23NO2. The molecule has 0 aromatic heterocycles. The van der Waals surface area contributed by atoms with E-state index in [1.54, 1.807) is 0 Å². The molecule has 0 aromatic rings. The van der Waals surface area contributed by atoms with Gasteiger partial charge in [-0.15, -0.1) is 0 Å². The van der Waals surface area contributed by atoms with Gasteiger partial charge in [0.05, 0.1) is 6.61 Å². The molecule has 1 saturated heterocycles. The van der Waals surface area contributed by atoms with Crippen molar-refractivity contribution in [2.45, 2.75) is 59.0 Å². The standard InChI is InChI=1S/C12H23NO2/c1-5-15-11(14)10-7-6-9(13-10)8-12(2,3)4/h9-10,13H,5-8H2,1-4H3. The van der Waals surface area contributed by atoms with Gasteiger partial charge >= 0.3 is 5.97 Å². The molecule has 0 amide bonds. The average Bonchev–Trinajstić information content (AvgIpc) is 2.50. The summed E-state index contributed by atoms with van der Waals surface area (Å²) in [5, 5.41) is 3.36. The van der Waals surface area contributed by atoms with Crippen LogP contribution in [-0.4, -0.2) is 24.7 Å². The van der Waals surface area contributed by atoms with Crippen LogP contribution >= 0.6 is 0 Å². The number of hydrogen-bond donors (Lipinski definition) is 1. The Hall–Kier alpha value is -0.570. The molecule has 1 heterocycles. The van der Waals surface area contributed by atoms with E-state index in [0.29, 0.717) is 18.1 Å². The first kappa shape index (κ1) is 12.5. The summed E-state index contributed by atoms with van der Waals surface area (Å²) < 4.78 is 5.00. The van der Waals surface area contributed by atoms with Gasteiger partial charge < -0.3 is 10.1 Å². The van der Waals surface area contributed by atoms with Crippen molar-refractivity contribution in [2.24, 2.45) is 5.41 Å². The molecule has 1 fully saturated rings. The maximum absolute atomic E-state index is 11.5. The van der Waals surface area contributed by atoms with E-state index in [0.717, 1.165) is 19.3 Å². The number of rotatable bonds is 3. The van der Waals surface area contributed by atoms with Crippen molar-refractivity contribution in [1.29, 1.82) is 0 Å². The summed E-state index contributed by atoms with van der Waals surface area (Å²) in [4.78, 5) is 11.5. The molecule has 0 radical (unpaired) electrons. The predicted octanol–water partition coefficient (Wildman–Crippen LogP) is 2.11. The molecule has 1 N–H and O–H groups in total. The molecule has 1 aliphatic heterocycles. The van der Waals surface area contributed by atoms with Gasteiger partial charge in [-0.05, 0) is 31.6 Å². The first-order chi connectivity index (χ1) is 6.92. The van der Waals surface area contributed by atoms with Crippen LogP contribution in [0.3, 0.4) is 0 Å². The van der Waals surface area contributed by atoms with Crippen molar-refractivity contribution in [3.63, 3.8) is 0 Å². The summed E-state index contributed by atoms with van der Waals surface area (Å²) in [6.45, 7) is 9.01. The highest BCUT2D eigenvalue weighted by atomic mass is 16.5. The van der Waals surface area contributed by atoms with Crippen molar-refractivity contribution in [3.8, 4) is 0 Å². The Labute approximate surface area is 92.6 Å². The van der Waals surface area contributed by atoms with Gasteiger partial charge in [-0.1, -0.05) is 20.8 Å². The second-order valence-corrected chi connectivity index (χ2v) is 5.51. The quantitative estimate of drug-likeness (QED) is 0.730. The van der Waals surface area contributed by atoms with Gasteiger partial charge in [-0.3, -0.25) is 4.79 Å². The van der Waals surface area contributed by atoms with Crippen molar-refractivity contribution in [3.05, 3.63) is 0 Å². The zero-order chi connectivity index (χ0) is 11.5. The van der Waals surface area contributed by atoms with E-state index >= 15 is 0 Å². The van der Waals surface area contributed by atoms with Crippen LogP contribution in [0.5, 0.6) is 0 Å². The highest BCUT2D eigenvalue weighted by molar-refractivity contribution is 5.76. The molecule has 3 nitrogen and oxygen atoms in total. The highest BCUT2D eigenvalue weighted by Gasteiger charge is 2.31. The normalized spacial score (nSPS) is 26.7. The zero-order valence-electron chi connectivity index (χ0n) is 10.3. The van der Waals surface area contributed by atoms with E-state index in [2.05, 4.69) is 26.1 Å². The lowest BCUT2D eigenvalue weighted by molar-refractivity contribution is -0.145. The molecule has 15 heavy (non-hydrogen) atoms. The molecule has 3 heteroatoms. The summed E-state index contributed by atoms with van der Waals surface area (Å²) in [7, 11) is 0. The maximum atomic E-state index is 11.5. The van der Waals surface area contributed by atoms with Crippen LogP contribution < -0.4 is 5.32 Å². The summed E-state index contributed by atoms with van der Waals surface area (Å²) in [6.07, 6.45) is 3.11. The number of carbonyl (C=O) groups is 1.